The zero-order chi connectivity index (χ0) is 8.55. The first kappa shape index (κ1) is 7.55. The van der Waals surface area contributed by atoms with Crippen molar-refractivity contribution in [1.29, 1.82) is 0 Å². The van der Waals surface area contributed by atoms with Crippen molar-refractivity contribution in [3.8, 4) is 0 Å². The Hall–Kier alpha value is -1.09. The highest BCUT2D eigenvalue weighted by Gasteiger charge is 2.14. The molecule has 64 valence electrons. The zero-order valence-electron chi connectivity index (χ0n) is 7.25. The van der Waals surface area contributed by atoms with Gasteiger partial charge in [0.2, 0.25) is 0 Å². The maximum atomic E-state index is 5.81. The Balaban J connectivity index is 2.42. The van der Waals surface area contributed by atoms with Gasteiger partial charge in [-0.15, -0.1) is 0 Å². The van der Waals surface area contributed by atoms with Crippen LogP contribution in [0.2, 0.25) is 0 Å². The van der Waals surface area contributed by atoms with Gasteiger partial charge in [0.05, 0.1) is 11.9 Å². The molecule has 1 aromatic rings. The highest BCUT2D eigenvalue weighted by Crippen LogP contribution is 2.21. The molecule has 0 unspecified atom stereocenters. The molecule has 2 heterocycles. The Morgan fingerprint density at radius 1 is 1.50 bits per heavy atom. The molecule has 1 aliphatic rings. The normalized spacial score (nSPS) is 17.4. The minimum Gasteiger partial charge on any atom is -0.397 e. The maximum absolute atomic E-state index is 5.81. The van der Waals surface area contributed by atoms with Gasteiger partial charge in [0, 0.05) is 19.3 Å². The molecule has 3 nitrogen and oxygen atoms in total. The molecule has 2 rings (SSSR count). The molecular weight excluding hydrogens is 150 g/mol. The van der Waals surface area contributed by atoms with Gasteiger partial charge >= 0.3 is 0 Å². The summed E-state index contributed by atoms with van der Waals surface area (Å²) >= 11 is 0. The number of nitrogens with two attached hydrogens (primary N) is 1. The average Bonchev–Trinajstić information content (AvgIpc) is 2.04. The highest BCUT2D eigenvalue weighted by atomic mass is 15.1. The van der Waals surface area contributed by atoms with E-state index >= 15 is 0 Å². The summed E-state index contributed by atoms with van der Waals surface area (Å²) < 4.78 is 0. The summed E-state index contributed by atoms with van der Waals surface area (Å²) in [6.45, 7) is 2.08. The molecule has 1 aliphatic heterocycles. The van der Waals surface area contributed by atoms with Crippen LogP contribution in [0.4, 0.5) is 5.69 Å². The number of likely N-dealkylation sites (N-methyl/N-ethyl adjacent to an activating group) is 1. The molecule has 0 bridgehead atoms. The van der Waals surface area contributed by atoms with Crippen LogP contribution < -0.4 is 5.73 Å². The van der Waals surface area contributed by atoms with Crippen LogP contribution in [-0.4, -0.2) is 23.5 Å². The summed E-state index contributed by atoms with van der Waals surface area (Å²) in [7, 11) is 2.12. The van der Waals surface area contributed by atoms with Gasteiger partial charge in [-0.05, 0) is 24.6 Å². The Morgan fingerprint density at radius 2 is 2.33 bits per heavy atom. The van der Waals surface area contributed by atoms with Crippen molar-refractivity contribution in [2.75, 3.05) is 19.3 Å². The van der Waals surface area contributed by atoms with Crippen molar-refractivity contribution in [3.63, 3.8) is 0 Å². The topological polar surface area (TPSA) is 42.1 Å². The smallest absolute Gasteiger partial charge is 0.0536 e. The van der Waals surface area contributed by atoms with Crippen LogP contribution in [0.1, 0.15) is 11.1 Å². The summed E-state index contributed by atoms with van der Waals surface area (Å²) in [5.41, 5.74) is 9.23. The number of nitrogens with zero attached hydrogens (tertiary/aromatic N) is 2. The fraction of sp³-hybridized carbons (Fsp3) is 0.444. The van der Waals surface area contributed by atoms with Gasteiger partial charge in [-0.2, -0.15) is 0 Å². The van der Waals surface area contributed by atoms with E-state index in [4.69, 9.17) is 5.73 Å². The first-order valence-electron chi connectivity index (χ1n) is 4.17. The van der Waals surface area contributed by atoms with Gasteiger partial charge in [0.15, 0.2) is 0 Å². The molecule has 0 atom stereocenters. The van der Waals surface area contributed by atoms with Crippen molar-refractivity contribution < 1.29 is 0 Å². The molecule has 0 amide bonds. The molecule has 0 radical (unpaired) electrons. The van der Waals surface area contributed by atoms with Crippen LogP contribution >= 0.6 is 0 Å². The van der Waals surface area contributed by atoms with Crippen molar-refractivity contribution in [1.82, 2.24) is 9.88 Å². The predicted octanol–water partition coefficient (Wildman–Crippen LogP) is 0.652. The fourth-order valence-corrected chi connectivity index (χ4v) is 1.66. The monoisotopic (exact) mass is 163 g/mol. The van der Waals surface area contributed by atoms with Crippen LogP contribution in [0.3, 0.4) is 0 Å². The number of anilines is 1. The molecule has 0 aromatic carbocycles. The number of rotatable bonds is 0. The van der Waals surface area contributed by atoms with E-state index in [2.05, 4.69) is 16.9 Å². The molecule has 0 fully saturated rings. The lowest BCUT2D eigenvalue weighted by atomic mass is 10.0. The maximum Gasteiger partial charge on any atom is 0.0536 e. The standard InChI is InChI=1S/C9H13N3/c1-12-3-2-8-7(6-12)4-11-5-9(8)10/h4-5H,2-3,6,10H2,1H3. The molecule has 0 saturated heterocycles. The van der Waals surface area contributed by atoms with E-state index in [9.17, 15) is 0 Å². The molecule has 1 aromatic heterocycles. The zero-order valence-corrected chi connectivity index (χ0v) is 7.25. The van der Waals surface area contributed by atoms with Crippen LogP contribution in [-0.2, 0) is 13.0 Å². The van der Waals surface area contributed by atoms with Crippen molar-refractivity contribution in [2.45, 2.75) is 13.0 Å². The summed E-state index contributed by atoms with van der Waals surface area (Å²) in [6, 6.07) is 0. The van der Waals surface area contributed by atoms with E-state index in [-0.39, 0.29) is 0 Å². The Kier molecular flexibility index (Phi) is 1.73. The molecule has 12 heavy (non-hydrogen) atoms. The van der Waals surface area contributed by atoms with Crippen molar-refractivity contribution in [3.05, 3.63) is 23.5 Å². The van der Waals surface area contributed by atoms with Gasteiger partial charge in [0.25, 0.3) is 0 Å². The lowest BCUT2D eigenvalue weighted by Crippen LogP contribution is -2.27. The fourth-order valence-electron chi connectivity index (χ4n) is 1.66. The lowest BCUT2D eigenvalue weighted by molar-refractivity contribution is 0.313. The van der Waals surface area contributed by atoms with Crippen LogP contribution in [0.25, 0.3) is 0 Å². The van der Waals surface area contributed by atoms with Crippen LogP contribution in [0, 0.1) is 0 Å². The van der Waals surface area contributed by atoms with E-state index < -0.39 is 0 Å². The third-order valence-electron chi connectivity index (χ3n) is 2.36. The second-order valence-electron chi connectivity index (χ2n) is 3.35. The minimum atomic E-state index is 0.848. The summed E-state index contributed by atoms with van der Waals surface area (Å²) in [4.78, 5) is 6.36. The number of aromatic nitrogens is 1. The van der Waals surface area contributed by atoms with Crippen LogP contribution in [0.5, 0.6) is 0 Å². The van der Waals surface area contributed by atoms with Crippen molar-refractivity contribution in [2.24, 2.45) is 0 Å². The van der Waals surface area contributed by atoms with E-state index in [1.54, 1.807) is 6.20 Å². The Bertz CT molecular complexity index is 296. The second kappa shape index (κ2) is 2.75. The SMILES string of the molecule is CN1CCc2c(N)cncc2C1. The molecule has 3 heteroatoms. The van der Waals surface area contributed by atoms with E-state index in [0.29, 0.717) is 0 Å². The predicted molar refractivity (Wildman–Crippen MR) is 48.7 cm³/mol. The van der Waals surface area contributed by atoms with Crippen molar-refractivity contribution >= 4 is 5.69 Å². The molecular formula is C9H13N3. The lowest BCUT2D eigenvalue weighted by Gasteiger charge is -2.25. The summed E-state index contributed by atoms with van der Waals surface area (Å²) in [6.07, 6.45) is 4.71. The van der Waals surface area contributed by atoms with E-state index in [0.717, 1.165) is 25.2 Å². The first-order valence-corrected chi connectivity index (χ1v) is 4.17. The Labute approximate surface area is 72.2 Å². The van der Waals surface area contributed by atoms with Crippen LogP contribution in [0.15, 0.2) is 12.4 Å². The number of hydrogen-bond donors (Lipinski definition) is 1. The van der Waals surface area contributed by atoms with E-state index in [1.165, 1.54) is 11.1 Å². The molecule has 0 saturated carbocycles. The molecule has 2 N–H and O–H groups in total. The third-order valence-corrected chi connectivity index (χ3v) is 2.36. The second-order valence-corrected chi connectivity index (χ2v) is 3.35. The van der Waals surface area contributed by atoms with Gasteiger partial charge in [0.1, 0.15) is 0 Å². The number of pyridine rings is 1. The first-order chi connectivity index (χ1) is 5.77. The van der Waals surface area contributed by atoms with Gasteiger partial charge < -0.3 is 10.6 Å². The number of hydrogen-bond acceptors (Lipinski definition) is 3. The summed E-state index contributed by atoms with van der Waals surface area (Å²) in [5.74, 6) is 0. The largest absolute Gasteiger partial charge is 0.397 e. The average molecular weight is 163 g/mol. The van der Waals surface area contributed by atoms with Gasteiger partial charge in [-0.1, -0.05) is 0 Å². The molecule has 0 aliphatic carbocycles. The van der Waals surface area contributed by atoms with Gasteiger partial charge in [-0.3, -0.25) is 4.98 Å². The van der Waals surface area contributed by atoms with E-state index in [1.807, 2.05) is 6.20 Å². The third kappa shape index (κ3) is 1.16. The summed E-state index contributed by atoms with van der Waals surface area (Å²) in [5, 5.41) is 0. The number of fused-ring (bicyclic) bond motifs is 1. The number of nitrogen functional groups attached to an aromatic ring is 1. The molecule has 0 spiro atoms. The Morgan fingerprint density at radius 3 is 3.17 bits per heavy atom. The highest BCUT2D eigenvalue weighted by molar-refractivity contribution is 5.49. The van der Waals surface area contributed by atoms with Gasteiger partial charge in [-0.25, -0.2) is 0 Å². The minimum absolute atomic E-state index is 0.848. The quantitative estimate of drug-likeness (QED) is 0.610.